The molecule has 0 spiro atoms. The van der Waals surface area contributed by atoms with Gasteiger partial charge in [-0.15, -0.1) is 0 Å². The third-order valence-electron chi connectivity index (χ3n) is 3.00. The van der Waals surface area contributed by atoms with E-state index in [9.17, 15) is 0 Å². The standard InChI is InChI=1S/C14H26N4/c1-6-7-8-9-18(11(2)3)14-10-13(15-5)16-12(4)17-14/h10-11H,6-9H2,1-5H3,(H,15,16,17). The van der Waals surface area contributed by atoms with Gasteiger partial charge in [0.05, 0.1) is 0 Å². The molecule has 1 rings (SSSR count). The summed E-state index contributed by atoms with van der Waals surface area (Å²) in [5.74, 6) is 2.73. The maximum atomic E-state index is 4.56. The molecule has 102 valence electrons. The van der Waals surface area contributed by atoms with Gasteiger partial charge in [-0.05, 0) is 27.2 Å². The number of rotatable bonds is 7. The third-order valence-corrected chi connectivity index (χ3v) is 3.00. The van der Waals surface area contributed by atoms with Crippen LogP contribution in [0.5, 0.6) is 0 Å². The van der Waals surface area contributed by atoms with Crippen LogP contribution in [-0.2, 0) is 0 Å². The summed E-state index contributed by atoms with van der Waals surface area (Å²) in [6, 6.07) is 2.49. The molecular weight excluding hydrogens is 224 g/mol. The van der Waals surface area contributed by atoms with Crippen LogP contribution in [-0.4, -0.2) is 29.6 Å². The highest BCUT2D eigenvalue weighted by atomic mass is 15.2. The minimum Gasteiger partial charge on any atom is -0.373 e. The number of nitrogens with one attached hydrogen (secondary N) is 1. The number of nitrogens with zero attached hydrogens (tertiary/aromatic N) is 3. The lowest BCUT2D eigenvalue weighted by atomic mass is 10.2. The number of hydrogen-bond donors (Lipinski definition) is 1. The first kappa shape index (κ1) is 14.7. The summed E-state index contributed by atoms with van der Waals surface area (Å²) in [5.41, 5.74) is 0. The molecule has 0 aromatic carbocycles. The lowest BCUT2D eigenvalue weighted by Gasteiger charge is -2.28. The van der Waals surface area contributed by atoms with Gasteiger partial charge in [0.1, 0.15) is 17.5 Å². The van der Waals surface area contributed by atoms with Gasteiger partial charge < -0.3 is 10.2 Å². The highest BCUT2D eigenvalue weighted by Gasteiger charge is 2.13. The van der Waals surface area contributed by atoms with Crippen LogP contribution in [0, 0.1) is 6.92 Å². The zero-order valence-corrected chi connectivity index (χ0v) is 12.3. The minimum absolute atomic E-state index is 0.459. The van der Waals surface area contributed by atoms with Crippen molar-refractivity contribution >= 4 is 11.6 Å². The second-order valence-corrected chi connectivity index (χ2v) is 4.90. The van der Waals surface area contributed by atoms with Crippen molar-refractivity contribution in [1.29, 1.82) is 0 Å². The van der Waals surface area contributed by atoms with Gasteiger partial charge >= 0.3 is 0 Å². The predicted octanol–water partition coefficient (Wildman–Crippen LogP) is 3.23. The van der Waals surface area contributed by atoms with Crippen molar-refractivity contribution in [3.05, 3.63) is 11.9 Å². The van der Waals surface area contributed by atoms with Crippen LogP contribution in [0.3, 0.4) is 0 Å². The molecule has 1 heterocycles. The fraction of sp³-hybridized carbons (Fsp3) is 0.714. The van der Waals surface area contributed by atoms with E-state index in [1.807, 2.05) is 20.0 Å². The molecule has 0 radical (unpaired) electrons. The smallest absolute Gasteiger partial charge is 0.134 e. The molecule has 1 aromatic heterocycles. The number of aromatic nitrogens is 2. The first-order valence-corrected chi connectivity index (χ1v) is 6.88. The van der Waals surface area contributed by atoms with Gasteiger partial charge in [0.2, 0.25) is 0 Å². The average molecular weight is 250 g/mol. The lowest BCUT2D eigenvalue weighted by molar-refractivity contribution is 0.618. The fourth-order valence-corrected chi connectivity index (χ4v) is 2.00. The minimum atomic E-state index is 0.459. The monoisotopic (exact) mass is 250 g/mol. The maximum Gasteiger partial charge on any atom is 0.134 e. The Morgan fingerprint density at radius 1 is 1.28 bits per heavy atom. The number of hydrogen-bond acceptors (Lipinski definition) is 4. The molecule has 4 heteroatoms. The summed E-state index contributed by atoms with van der Waals surface area (Å²) in [5, 5.41) is 3.09. The Morgan fingerprint density at radius 2 is 2.00 bits per heavy atom. The van der Waals surface area contributed by atoms with E-state index in [1.165, 1.54) is 19.3 Å². The molecule has 1 aromatic rings. The molecule has 0 aliphatic carbocycles. The first-order valence-electron chi connectivity index (χ1n) is 6.88. The second-order valence-electron chi connectivity index (χ2n) is 4.90. The fourth-order valence-electron chi connectivity index (χ4n) is 2.00. The van der Waals surface area contributed by atoms with Gasteiger partial charge in [0.25, 0.3) is 0 Å². The van der Waals surface area contributed by atoms with Crippen LogP contribution in [0.1, 0.15) is 45.9 Å². The molecule has 1 N–H and O–H groups in total. The predicted molar refractivity (Wildman–Crippen MR) is 78.3 cm³/mol. The largest absolute Gasteiger partial charge is 0.373 e. The van der Waals surface area contributed by atoms with Crippen molar-refractivity contribution in [2.24, 2.45) is 0 Å². The van der Waals surface area contributed by atoms with Crippen LogP contribution < -0.4 is 10.2 Å². The van der Waals surface area contributed by atoms with Gasteiger partial charge in [-0.25, -0.2) is 9.97 Å². The van der Waals surface area contributed by atoms with Crippen molar-refractivity contribution in [1.82, 2.24) is 9.97 Å². The SMILES string of the molecule is CCCCCN(c1cc(NC)nc(C)n1)C(C)C. The van der Waals surface area contributed by atoms with Gasteiger partial charge in [-0.1, -0.05) is 19.8 Å². The van der Waals surface area contributed by atoms with E-state index in [1.54, 1.807) is 0 Å². The molecule has 0 unspecified atom stereocenters. The van der Waals surface area contributed by atoms with Crippen molar-refractivity contribution in [2.75, 3.05) is 23.8 Å². The van der Waals surface area contributed by atoms with Crippen LogP contribution in [0.4, 0.5) is 11.6 Å². The van der Waals surface area contributed by atoms with E-state index < -0.39 is 0 Å². The number of aryl methyl sites for hydroxylation is 1. The molecule has 0 saturated carbocycles. The summed E-state index contributed by atoms with van der Waals surface area (Å²) in [6.45, 7) is 9.65. The van der Waals surface area contributed by atoms with E-state index in [4.69, 9.17) is 0 Å². The van der Waals surface area contributed by atoms with Gasteiger partial charge in [0, 0.05) is 25.7 Å². The Hall–Kier alpha value is -1.32. The molecule has 0 amide bonds. The second kappa shape index (κ2) is 7.19. The number of anilines is 2. The summed E-state index contributed by atoms with van der Waals surface area (Å²) < 4.78 is 0. The normalized spacial score (nSPS) is 10.8. The van der Waals surface area contributed by atoms with Crippen molar-refractivity contribution in [2.45, 2.75) is 53.0 Å². The molecule has 0 saturated heterocycles. The highest BCUT2D eigenvalue weighted by Crippen LogP contribution is 2.18. The Bertz CT molecular complexity index is 363. The summed E-state index contributed by atoms with van der Waals surface area (Å²) >= 11 is 0. The zero-order valence-electron chi connectivity index (χ0n) is 12.3. The van der Waals surface area contributed by atoms with E-state index in [-0.39, 0.29) is 0 Å². The van der Waals surface area contributed by atoms with Crippen LogP contribution in [0.15, 0.2) is 6.07 Å². The average Bonchev–Trinajstić information content (AvgIpc) is 2.33. The van der Waals surface area contributed by atoms with Gasteiger partial charge in [0.15, 0.2) is 0 Å². The summed E-state index contributed by atoms with van der Waals surface area (Å²) in [4.78, 5) is 11.3. The molecule has 0 aliphatic heterocycles. The quantitative estimate of drug-likeness (QED) is 0.754. The molecule has 0 fully saturated rings. The van der Waals surface area contributed by atoms with Crippen molar-refractivity contribution in [3.8, 4) is 0 Å². The van der Waals surface area contributed by atoms with Crippen LogP contribution >= 0.6 is 0 Å². The first-order chi connectivity index (χ1) is 8.58. The van der Waals surface area contributed by atoms with E-state index in [2.05, 4.69) is 41.0 Å². The highest BCUT2D eigenvalue weighted by molar-refractivity contribution is 5.49. The number of unbranched alkanes of at least 4 members (excludes halogenated alkanes) is 2. The maximum absolute atomic E-state index is 4.56. The topological polar surface area (TPSA) is 41.0 Å². The molecule has 0 aliphatic rings. The summed E-state index contributed by atoms with van der Waals surface area (Å²) in [6.07, 6.45) is 3.73. The molecule has 0 atom stereocenters. The molecule has 18 heavy (non-hydrogen) atoms. The summed E-state index contributed by atoms with van der Waals surface area (Å²) in [7, 11) is 1.89. The zero-order chi connectivity index (χ0) is 13.5. The Morgan fingerprint density at radius 3 is 2.56 bits per heavy atom. The Labute approximate surface area is 111 Å². The van der Waals surface area contributed by atoms with Crippen LogP contribution in [0.25, 0.3) is 0 Å². The van der Waals surface area contributed by atoms with Gasteiger partial charge in [-0.3, -0.25) is 0 Å². The molecular formula is C14H26N4. The third kappa shape index (κ3) is 4.17. The van der Waals surface area contributed by atoms with E-state index in [0.29, 0.717) is 6.04 Å². The van der Waals surface area contributed by atoms with E-state index in [0.717, 1.165) is 24.0 Å². The van der Waals surface area contributed by atoms with Crippen molar-refractivity contribution < 1.29 is 0 Å². The lowest BCUT2D eigenvalue weighted by Crippen LogP contribution is -2.32. The molecule has 0 bridgehead atoms. The van der Waals surface area contributed by atoms with Crippen LogP contribution in [0.2, 0.25) is 0 Å². The Kier molecular flexibility index (Phi) is 5.89. The Balaban J connectivity index is 2.87. The molecule has 4 nitrogen and oxygen atoms in total. The van der Waals surface area contributed by atoms with E-state index >= 15 is 0 Å². The van der Waals surface area contributed by atoms with Gasteiger partial charge in [-0.2, -0.15) is 0 Å². The van der Waals surface area contributed by atoms with Crippen molar-refractivity contribution in [3.63, 3.8) is 0 Å².